The highest BCUT2D eigenvalue weighted by Gasteiger charge is 2.10. The molecule has 0 aliphatic heterocycles. The SMILES string of the molecule is COc1cc(-c2nc(C)c(C)[nH]c2=O)ccc1Cl. The van der Waals surface area contributed by atoms with Crippen molar-refractivity contribution in [2.75, 3.05) is 7.11 Å². The molecular formula is C13H13ClN2O2. The van der Waals surface area contributed by atoms with Crippen molar-refractivity contribution in [3.8, 4) is 17.0 Å². The molecular weight excluding hydrogens is 252 g/mol. The van der Waals surface area contributed by atoms with Crippen molar-refractivity contribution in [2.24, 2.45) is 0 Å². The zero-order chi connectivity index (χ0) is 13.3. The molecule has 0 spiro atoms. The molecule has 0 radical (unpaired) electrons. The van der Waals surface area contributed by atoms with Crippen molar-refractivity contribution >= 4 is 11.6 Å². The van der Waals surface area contributed by atoms with Gasteiger partial charge in [-0.3, -0.25) is 4.79 Å². The number of H-pyrrole nitrogens is 1. The fraction of sp³-hybridized carbons (Fsp3) is 0.231. The third-order valence-electron chi connectivity index (χ3n) is 2.76. The van der Waals surface area contributed by atoms with Gasteiger partial charge < -0.3 is 9.72 Å². The topological polar surface area (TPSA) is 55.0 Å². The minimum Gasteiger partial charge on any atom is -0.495 e. The van der Waals surface area contributed by atoms with E-state index in [1.54, 1.807) is 18.2 Å². The highest BCUT2D eigenvalue weighted by atomic mass is 35.5. The van der Waals surface area contributed by atoms with E-state index in [0.717, 1.165) is 11.4 Å². The summed E-state index contributed by atoms with van der Waals surface area (Å²) in [5.41, 5.74) is 2.39. The van der Waals surface area contributed by atoms with Gasteiger partial charge in [-0.25, -0.2) is 4.98 Å². The summed E-state index contributed by atoms with van der Waals surface area (Å²) in [6.45, 7) is 3.66. The number of methoxy groups -OCH3 is 1. The molecule has 0 aliphatic carbocycles. The lowest BCUT2D eigenvalue weighted by atomic mass is 10.1. The number of benzene rings is 1. The van der Waals surface area contributed by atoms with E-state index in [1.807, 2.05) is 13.8 Å². The Morgan fingerprint density at radius 1 is 1.33 bits per heavy atom. The maximum atomic E-state index is 11.9. The molecule has 0 saturated carbocycles. The van der Waals surface area contributed by atoms with E-state index in [1.165, 1.54) is 7.11 Å². The number of nitrogens with one attached hydrogen (secondary N) is 1. The van der Waals surface area contributed by atoms with Gasteiger partial charge >= 0.3 is 0 Å². The smallest absolute Gasteiger partial charge is 0.274 e. The summed E-state index contributed by atoms with van der Waals surface area (Å²) in [5.74, 6) is 0.522. The van der Waals surface area contributed by atoms with E-state index >= 15 is 0 Å². The molecule has 4 nitrogen and oxygen atoms in total. The van der Waals surface area contributed by atoms with Crippen LogP contribution in [0.2, 0.25) is 5.02 Å². The Morgan fingerprint density at radius 2 is 2.06 bits per heavy atom. The lowest BCUT2D eigenvalue weighted by molar-refractivity contribution is 0.415. The van der Waals surface area contributed by atoms with Crippen LogP contribution in [0.4, 0.5) is 0 Å². The molecule has 1 N–H and O–H groups in total. The number of aromatic nitrogens is 2. The maximum Gasteiger partial charge on any atom is 0.274 e. The quantitative estimate of drug-likeness (QED) is 0.907. The second-order valence-corrected chi connectivity index (χ2v) is 4.38. The minimum atomic E-state index is -0.220. The van der Waals surface area contributed by atoms with Crippen LogP contribution < -0.4 is 10.3 Å². The number of hydrogen-bond acceptors (Lipinski definition) is 3. The van der Waals surface area contributed by atoms with E-state index in [9.17, 15) is 4.79 Å². The van der Waals surface area contributed by atoms with Gasteiger partial charge in [-0.1, -0.05) is 17.7 Å². The van der Waals surface area contributed by atoms with Crippen molar-refractivity contribution in [1.82, 2.24) is 9.97 Å². The van der Waals surface area contributed by atoms with Gasteiger partial charge in [-0.05, 0) is 26.0 Å². The number of ether oxygens (including phenoxy) is 1. The van der Waals surface area contributed by atoms with Crippen LogP contribution in [0.15, 0.2) is 23.0 Å². The Kier molecular flexibility index (Phi) is 3.39. The highest BCUT2D eigenvalue weighted by Crippen LogP contribution is 2.28. The molecule has 0 amide bonds. The standard InChI is InChI=1S/C13H13ClN2O2/c1-7-8(2)16-13(17)12(15-7)9-4-5-10(14)11(6-9)18-3/h4-6H,1-3H3,(H,16,17). The number of aromatic amines is 1. The monoisotopic (exact) mass is 264 g/mol. The average Bonchev–Trinajstić information content (AvgIpc) is 2.35. The number of rotatable bonds is 2. The summed E-state index contributed by atoms with van der Waals surface area (Å²) in [6.07, 6.45) is 0. The molecule has 0 saturated heterocycles. The van der Waals surface area contributed by atoms with Gasteiger partial charge in [0.15, 0.2) is 0 Å². The lowest BCUT2D eigenvalue weighted by Crippen LogP contribution is -2.14. The molecule has 1 heterocycles. The van der Waals surface area contributed by atoms with Crippen molar-refractivity contribution in [2.45, 2.75) is 13.8 Å². The molecule has 94 valence electrons. The Balaban J connectivity index is 2.62. The Labute approximate surface area is 110 Å². The fourth-order valence-electron chi connectivity index (χ4n) is 1.63. The summed E-state index contributed by atoms with van der Waals surface area (Å²) in [7, 11) is 1.53. The largest absolute Gasteiger partial charge is 0.495 e. The Bertz CT molecular complexity index is 650. The molecule has 18 heavy (non-hydrogen) atoms. The first-order chi connectivity index (χ1) is 8.52. The molecule has 0 bridgehead atoms. The second-order valence-electron chi connectivity index (χ2n) is 3.97. The van der Waals surface area contributed by atoms with Crippen LogP contribution in [0, 0.1) is 13.8 Å². The van der Waals surface area contributed by atoms with Crippen molar-refractivity contribution in [3.63, 3.8) is 0 Å². The minimum absolute atomic E-state index is 0.220. The van der Waals surface area contributed by atoms with Gasteiger partial charge in [0.1, 0.15) is 11.4 Å². The van der Waals surface area contributed by atoms with Crippen LogP contribution in [-0.4, -0.2) is 17.1 Å². The zero-order valence-corrected chi connectivity index (χ0v) is 11.1. The zero-order valence-electron chi connectivity index (χ0n) is 10.4. The molecule has 0 aliphatic rings. The molecule has 0 fully saturated rings. The van der Waals surface area contributed by atoms with Gasteiger partial charge in [0.2, 0.25) is 0 Å². The maximum absolute atomic E-state index is 11.9. The van der Waals surface area contributed by atoms with E-state index < -0.39 is 0 Å². The number of aryl methyl sites for hydroxylation is 2. The molecule has 1 aromatic heterocycles. The van der Waals surface area contributed by atoms with Crippen LogP contribution in [-0.2, 0) is 0 Å². The van der Waals surface area contributed by atoms with Crippen LogP contribution in [0.5, 0.6) is 5.75 Å². The Morgan fingerprint density at radius 3 is 2.72 bits per heavy atom. The summed E-state index contributed by atoms with van der Waals surface area (Å²) < 4.78 is 5.13. The van der Waals surface area contributed by atoms with Gasteiger partial charge in [-0.15, -0.1) is 0 Å². The van der Waals surface area contributed by atoms with Crippen LogP contribution >= 0.6 is 11.6 Å². The normalized spacial score (nSPS) is 10.4. The van der Waals surface area contributed by atoms with Crippen molar-refractivity contribution < 1.29 is 4.74 Å². The molecule has 2 rings (SSSR count). The van der Waals surface area contributed by atoms with Gasteiger partial charge in [0, 0.05) is 11.3 Å². The predicted octanol–water partition coefficient (Wildman–Crippen LogP) is 2.72. The number of hydrogen-bond donors (Lipinski definition) is 1. The molecule has 0 atom stereocenters. The third kappa shape index (κ3) is 2.24. The predicted molar refractivity (Wildman–Crippen MR) is 71.3 cm³/mol. The average molecular weight is 265 g/mol. The molecule has 5 heteroatoms. The lowest BCUT2D eigenvalue weighted by Gasteiger charge is -2.07. The molecule has 0 unspecified atom stereocenters. The molecule has 2 aromatic rings. The first-order valence-electron chi connectivity index (χ1n) is 5.44. The number of halogens is 1. The number of nitrogens with zero attached hydrogens (tertiary/aromatic N) is 1. The van der Waals surface area contributed by atoms with E-state index in [0.29, 0.717) is 22.0 Å². The van der Waals surface area contributed by atoms with E-state index in [-0.39, 0.29) is 5.56 Å². The van der Waals surface area contributed by atoms with Crippen molar-refractivity contribution in [3.05, 3.63) is 45.0 Å². The van der Waals surface area contributed by atoms with Crippen molar-refractivity contribution in [1.29, 1.82) is 0 Å². The highest BCUT2D eigenvalue weighted by molar-refractivity contribution is 6.32. The van der Waals surface area contributed by atoms with Crippen LogP contribution in [0.25, 0.3) is 11.3 Å². The van der Waals surface area contributed by atoms with Gasteiger partial charge in [-0.2, -0.15) is 0 Å². The summed E-state index contributed by atoms with van der Waals surface area (Å²) >= 11 is 5.95. The summed E-state index contributed by atoms with van der Waals surface area (Å²) in [6, 6.07) is 5.14. The molecule has 1 aromatic carbocycles. The first-order valence-corrected chi connectivity index (χ1v) is 5.82. The van der Waals surface area contributed by atoms with Crippen LogP contribution in [0.1, 0.15) is 11.4 Å². The summed E-state index contributed by atoms with van der Waals surface area (Å²) in [4.78, 5) is 19.0. The second kappa shape index (κ2) is 4.82. The Hall–Kier alpha value is -1.81. The van der Waals surface area contributed by atoms with Crippen LogP contribution in [0.3, 0.4) is 0 Å². The van der Waals surface area contributed by atoms with E-state index in [4.69, 9.17) is 16.3 Å². The van der Waals surface area contributed by atoms with E-state index in [2.05, 4.69) is 9.97 Å². The van der Waals surface area contributed by atoms with Gasteiger partial charge in [0.05, 0.1) is 17.8 Å². The van der Waals surface area contributed by atoms with Gasteiger partial charge in [0.25, 0.3) is 5.56 Å². The summed E-state index contributed by atoms with van der Waals surface area (Å²) in [5, 5.41) is 0.501. The fourth-order valence-corrected chi connectivity index (χ4v) is 1.82. The first kappa shape index (κ1) is 12.6. The third-order valence-corrected chi connectivity index (χ3v) is 3.08.